The van der Waals surface area contributed by atoms with E-state index < -0.39 is 12.0 Å². The molecule has 0 amide bonds. The fourth-order valence-corrected chi connectivity index (χ4v) is 0.155. The quantitative estimate of drug-likeness (QED) is 0.483. The minimum Gasteiger partial charge on any atom is -0.254 e. The Labute approximate surface area is 37.0 Å². The molecule has 0 saturated carbocycles. The first kappa shape index (κ1) is 4.42. The van der Waals surface area contributed by atoms with Crippen LogP contribution < -0.4 is 5.43 Å². The second-order valence-electron chi connectivity index (χ2n) is 1.07. The van der Waals surface area contributed by atoms with Gasteiger partial charge >= 0.3 is 6.18 Å². The number of halogens is 3. The molecule has 7 heavy (non-hydrogen) atoms. The summed E-state index contributed by atoms with van der Waals surface area (Å²) in [4.78, 5) is 0. The van der Waals surface area contributed by atoms with E-state index in [1.807, 2.05) is 0 Å². The molecule has 0 aromatic heterocycles. The molecule has 40 valence electrons. The predicted molar refractivity (Wildman–Crippen MR) is 16.6 cm³/mol. The van der Waals surface area contributed by atoms with Gasteiger partial charge in [-0.3, -0.25) is 5.43 Å². The average Bonchev–Trinajstić information content (AvgIpc) is 1.99. The molecular formula is C2HF3N2. The van der Waals surface area contributed by atoms with Crippen molar-refractivity contribution in [3.05, 3.63) is 0 Å². The van der Waals surface area contributed by atoms with Crippen LogP contribution in [0.5, 0.6) is 0 Å². The largest absolute Gasteiger partial charge is 0.452 e. The molecule has 0 bridgehead atoms. The van der Waals surface area contributed by atoms with Crippen LogP contribution in [-0.2, 0) is 0 Å². The highest BCUT2D eigenvalue weighted by Crippen LogP contribution is 2.19. The first-order valence-electron chi connectivity index (χ1n) is 1.51. The van der Waals surface area contributed by atoms with Crippen molar-refractivity contribution in [2.75, 3.05) is 0 Å². The molecule has 1 N–H and O–H groups in total. The summed E-state index contributed by atoms with van der Waals surface area (Å²) in [5.74, 6) is -0.882. The second kappa shape index (κ2) is 0.907. The van der Waals surface area contributed by atoms with Crippen LogP contribution in [0.2, 0.25) is 0 Å². The van der Waals surface area contributed by atoms with Gasteiger partial charge in [0, 0.05) is 0 Å². The van der Waals surface area contributed by atoms with Gasteiger partial charge in [-0.1, -0.05) is 0 Å². The van der Waals surface area contributed by atoms with Crippen molar-refractivity contribution in [2.24, 2.45) is 5.10 Å². The van der Waals surface area contributed by atoms with Crippen molar-refractivity contribution in [3.63, 3.8) is 0 Å². The standard InChI is InChI=1S/C2HF3N2/c3-2(4,5)1-6-7-1/h(H,6,7). The van der Waals surface area contributed by atoms with Crippen molar-refractivity contribution in [3.8, 4) is 0 Å². The molecule has 0 aliphatic carbocycles. The topological polar surface area (TPSA) is 34.3 Å². The van der Waals surface area contributed by atoms with Crippen LogP contribution in [0.1, 0.15) is 0 Å². The van der Waals surface area contributed by atoms with Crippen molar-refractivity contribution >= 4 is 5.84 Å². The Balaban J connectivity index is 2.53. The maximum atomic E-state index is 11.0. The summed E-state index contributed by atoms with van der Waals surface area (Å²) >= 11 is 0. The van der Waals surface area contributed by atoms with Crippen LogP contribution >= 0.6 is 0 Å². The predicted octanol–water partition coefficient (Wildman–Crippen LogP) is 0.465. The molecule has 0 atom stereocenters. The Morgan fingerprint density at radius 3 is 1.86 bits per heavy atom. The first-order chi connectivity index (χ1) is 3.11. The van der Waals surface area contributed by atoms with Crippen molar-refractivity contribution in [2.45, 2.75) is 6.18 Å². The van der Waals surface area contributed by atoms with Crippen molar-refractivity contribution < 1.29 is 13.2 Å². The minimum atomic E-state index is -4.25. The van der Waals surface area contributed by atoms with Gasteiger partial charge in [0.05, 0.1) is 0 Å². The van der Waals surface area contributed by atoms with Gasteiger partial charge in [0.25, 0.3) is 0 Å². The average molecular weight is 110 g/mol. The van der Waals surface area contributed by atoms with E-state index in [0.29, 0.717) is 0 Å². The van der Waals surface area contributed by atoms with Crippen molar-refractivity contribution in [1.82, 2.24) is 5.43 Å². The molecule has 1 heterocycles. The maximum absolute atomic E-state index is 11.0. The molecule has 0 aromatic carbocycles. The van der Waals surface area contributed by atoms with E-state index in [2.05, 4.69) is 5.10 Å². The molecule has 0 aromatic rings. The summed E-state index contributed by atoms with van der Waals surface area (Å²) in [6.07, 6.45) is -4.25. The van der Waals surface area contributed by atoms with Crippen molar-refractivity contribution in [1.29, 1.82) is 0 Å². The summed E-state index contributed by atoms with van der Waals surface area (Å²) in [6.45, 7) is 0. The SMILES string of the molecule is FC(F)(F)C1=NN1. The van der Waals surface area contributed by atoms with E-state index in [1.54, 1.807) is 5.43 Å². The van der Waals surface area contributed by atoms with E-state index in [-0.39, 0.29) is 0 Å². The second-order valence-corrected chi connectivity index (χ2v) is 1.07. The summed E-state index contributed by atoms with van der Waals surface area (Å²) in [5, 5.41) is 2.72. The van der Waals surface area contributed by atoms with Crippen LogP contribution in [0.3, 0.4) is 0 Å². The van der Waals surface area contributed by atoms with E-state index in [1.165, 1.54) is 0 Å². The zero-order valence-electron chi connectivity index (χ0n) is 3.08. The third-order valence-electron chi connectivity index (χ3n) is 0.492. The number of hydrogen-bond acceptors (Lipinski definition) is 2. The molecule has 1 aliphatic heterocycles. The number of hydrazone groups is 1. The lowest BCUT2D eigenvalue weighted by molar-refractivity contribution is -0.0570. The summed E-state index contributed by atoms with van der Waals surface area (Å²) in [5.41, 5.74) is 1.69. The number of amidine groups is 1. The van der Waals surface area contributed by atoms with Crippen LogP contribution in [0, 0.1) is 0 Å². The van der Waals surface area contributed by atoms with Gasteiger partial charge < -0.3 is 0 Å². The van der Waals surface area contributed by atoms with Gasteiger partial charge in [0.2, 0.25) is 5.84 Å². The van der Waals surface area contributed by atoms with Gasteiger partial charge in [0.1, 0.15) is 0 Å². The Hall–Kier alpha value is -0.740. The zero-order chi connectivity index (χ0) is 5.49. The minimum absolute atomic E-state index is 0.882. The fourth-order valence-electron chi connectivity index (χ4n) is 0.155. The molecule has 2 nitrogen and oxygen atoms in total. The Morgan fingerprint density at radius 1 is 1.43 bits per heavy atom. The highest BCUT2D eigenvalue weighted by molar-refractivity contribution is 5.95. The lowest BCUT2D eigenvalue weighted by Gasteiger charge is -1.91. The Morgan fingerprint density at radius 2 is 1.86 bits per heavy atom. The van der Waals surface area contributed by atoms with Crippen LogP contribution in [0.25, 0.3) is 0 Å². The number of hydrogen-bond donors (Lipinski definition) is 1. The van der Waals surface area contributed by atoms with E-state index >= 15 is 0 Å². The molecule has 5 heteroatoms. The van der Waals surface area contributed by atoms with Crippen LogP contribution in [-0.4, -0.2) is 12.0 Å². The van der Waals surface area contributed by atoms with Gasteiger partial charge in [-0.25, -0.2) is 0 Å². The number of nitrogens with zero attached hydrogens (tertiary/aromatic N) is 1. The molecule has 1 rings (SSSR count). The maximum Gasteiger partial charge on any atom is 0.452 e. The fraction of sp³-hybridized carbons (Fsp3) is 0.500. The van der Waals surface area contributed by atoms with Gasteiger partial charge in [-0.2, -0.15) is 13.2 Å². The zero-order valence-corrected chi connectivity index (χ0v) is 3.08. The molecule has 0 radical (unpaired) electrons. The third kappa shape index (κ3) is 0.819. The van der Waals surface area contributed by atoms with E-state index in [4.69, 9.17) is 0 Å². The Bertz CT molecular complexity index is 113. The monoisotopic (exact) mass is 110 g/mol. The molecule has 1 aliphatic rings. The van der Waals surface area contributed by atoms with Gasteiger partial charge in [0.15, 0.2) is 0 Å². The lowest BCUT2D eigenvalue weighted by Crippen LogP contribution is -2.18. The van der Waals surface area contributed by atoms with Gasteiger partial charge in [-0.15, -0.1) is 5.10 Å². The number of alkyl halides is 3. The van der Waals surface area contributed by atoms with Crippen LogP contribution in [0.15, 0.2) is 5.10 Å². The smallest absolute Gasteiger partial charge is 0.254 e. The highest BCUT2D eigenvalue weighted by atomic mass is 19.4. The summed E-state index contributed by atoms with van der Waals surface area (Å²) < 4.78 is 33.1. The Kier molecular flexibility index (Phi) is 0.573. The molecular weight excluding hydrogens is 109 g/mol. The lowest BCUT2D eigenvalue weighted by atomic mass is 10.7. The first-order valence-corrected chi connectivity index (χ1v) is 1.51. The molecule has 0 fully saturated rings. The number of rotatable bonds is 0. The van der Waals surface area contributed by atoms with Gasteiger partial charge in [-0.05, 0) is 0 Å². The molecule has 0 spiro atoms. The molecule has 0 unspecified atom stereocenters. The van der Waals surface area contributed by atoms with Crippen LogP contribution in [0.4, 0.5) is 13.2 Å². The normalized spacial score (nSPS) is 17.9. The van der Waals surface area contributed by atoms with E-state index in [9.17, 15) is 13.2 Å². The van der Waals surface area contributed by atoms with E-state index in [0.717, 1.165) is 0 Å². The summed E-state index contributed by atoms with van der Waals surface area (Å²) in [6, 6.07) is 0. The number of nitrogens with one attached hydrogen (secondary N) is 1. The third-order valence-corrected chi connectivity index (χ3v) is 0.492. The molecule has 0 saturated heterocycles. The summed E-state index contributed by atoms with van der Waals surface area (Å²) in [7, 11) is 0. The highest BCUT2D eigenvalue weighted by Gasteiger charge is 2.42.